The van der Waals surface area contributed by atoms with Crippen LogP contribution in [0.25, 0.3) is 6.08 Å². The van der Waals surface area contributed by atoms with Gasteiger partial charge in [-0.2, -0.15) is 0 Å². The van der Waals surface area contributed by atoms with Gasteiger partial charge in [0.2, 0.25) is 5.91 Å². The number of rotatable bonds is 6. The Morgan fingerprint density at radius 2 is 1.82 bits per heavy atom. The van der Waals surface area contributed by atoms with Crippen molar-refractivity contribution in [2.45, 2.75) is 0 Å². The zero-order valence-corrected chi connectivity index (χ0v) is 13.3. The third-order valence-electron chi connectivity index (χ3n) is 2.81. The molecule has 0 aliphatic carbocycles. The molecule has 1 N–H and O–H groups in total. The molecule has 1 aromatic carbocycles. The Morgan fingerprint density at radius 1 is 1.14 bits per heavy atom. The van der Waals surface area contributed by atoms with Gasteiger partial charge in [0, 0.05) is 29.3 Å². The minimum absolute atomic E-state index is 0.271. The SMILES string of the molecule is COc1cc(OC)c(OC)cc1C=CC(=O)Nc1nccs1. The van der Waals surface area contributed by atoms with E-state index in [1.165, 1.54) is 17.4 Å². The van der Waals surface area contributed by atoms with Crippen LogP contribution in [0.5, 0.6) is 17.2 Å². The van der Waals surface area contributed by atoms with Crippen molar-refractivity contribution >= 4 is 28.5 Å². The second-order valence-corrected chi connectivity index (χ2v) is 5.00. The Morgan fingerprint density at radius 3 is 2.41 bits per heavy atom. The zero-order valence-electron chi connectivity index (χ0n) is 12.5. The molecule has 2 rings (SSSR count). The molecule has 0 saturated carbocycles. The number of aromatic nitrogens is 1. The molecule has 6 nitrogen and oxygen atoms in total. The minimum Gasteiger partial charge on any atom is -0.496 e. The lowest BCUT2D eigenvalue weighted by Gasteiger charge is -2.12. The van der Waals surface area contributed by atoms with E-state index in [0.29, 0.717) is 27.9 Å². The number of nitrogens with zero attached hydrogens (tertiary/aromatic N) is 1. The van der Waals surface area contributed by atoms with Gasteiger partial charge < -0.3 is 14.2 Å². The summed E-state index contributed by atoms with van der Waals surface area (Å²) in [6.45, 7) is 0. The first-order chi connectivity index (χ1) is 10.7. The molecule has 7 heteroatoms. The van der Waals surface area contributed by atoms with Crippen molar-refractivity contribution in [1.82, 2.24) is 4.98 Å². The highest BCUT2D eigenvalue weighted by atomic mass is 32.1. The summed E-state index contributed by atoms with van der Waals surface area (Å²) >= 11 is 1.35. The van der Waals surface area contributed by atoms with Gasteiger partial charge in [-0.05, 0) is 12.1 Å². The fourth-order valence-electron chi connectivity index (χ4n) is 1.78. The Kier molecular flexibility index (Phi) is 5.37. The highest BCUT2D eigenvalue weighted by Gasteiger charge is 2.10. The van der Waals surface area contributed by atoms with Crippen molar-refractivity contribution in [3.05, 3.63) is 35.3 Å². The molecule has 116 valence electrons. The predicted octanol–water partition coefficient (Wildman–Crippen LogP) is 2.82. The van der Waals surface area contributed by atoms with E-state index in [1.54, 1.807) is 51.1 Å². The average molecular weight is 320 g/mol. The summed E-state index contributed by atoms with van der Waals surface area (Å²) in [7, 11) is 4.65. The summed E-state index contributed by atoms with van der Waals surface area (Å²) in [5.41, 5.74) is 0.703. The lowest BCUT2D eigenvalue weighted by atomic mass is 10.1. The van der Waals surface area contributed by atoms with Gasteiger partial charge in [-0.15, -0.1) is 11.3 Å². The molecule has 1 heterocycles. The van der Waals surface area contributed by atoms with E-state index in [0.717, 1.165) is 0 Å². The Balaban J connectivity index is 2.20. The monoisotopic (exact) mass is 320 g/mol. The summed E-state index contributed by atoms with van der Waals surface area (Å²) < 4.78 is 15.8. The van der Waals surface area contributed by atoms with Crippen LogP contribution in [0.4, 0.5) is 5.13 Å². The number of hydrogen-bond donors (Lipinski definition) is 1. The molecule has 2 aromatic rings. The molecular formula is C15H16N2O4S. The van der Waals surface area contributed by atoms with Crippen LogP contribution in [-0.2, 0) is 4.79 Å². The van der Waals surface area contributed by atoms with Gasteiger partial charge in [0.25, 0.3) is 0 Å². The molecule has 0 aliphatic rings. The number of hydrogen-bond acceptors (Lipinski definition) is 6. The van der Waals surface area contributed by atoms with Crippen molar-refractivity contribution in [3.8, 4) is 17.2 Å². The number of ether oxygens (including phenoxy) is 3. The fraction of sp³-hybridized carbons (Fsp3) is 0.200. The summed E-state index contributed by atoms with van der Waals surface area (Å²) in [5.74, 6) is 1.43. The lowest BCUT2D eigenvalue weighted by Crippen LogP contribution is -2.07. The summed E-state index contributed by atoms with van der Waals surface area (Å²) in [4.78, 5) is 15.8. The first kappa shape index (κ1) is 15.8. The maximum atomic E-state index is 11.8. The predicted molar refractivity (Wildman–Crippen MR) is 85.9 cm³/mol. The second kappa shape index (κ2) is 7.46. The number of carbonyl (C=O) groups excluding carboxylic acids is 1. The van der Waals surface area contributed by atoms with Gasteiger partial charge in [-0.1, -0.05) is 0 Å². The number of benzene rings is 1. The van der Waals surface area contributed by atoms with Gasteiger partial charge in [0.15, 0.2) is 16.6 Å². The molecular weight excluding hydrogens is 304 g/mol. The fourth-order valence-corrected chi connectivity index (χ4v) is 2.31. The number of anilines is 1. The van der Waals surface area contributed by atoms with Gasteiger partial charge >= 0.3 is 0 Å². The van der Waals surface area contributed by atoms with Crippen LogP contribution in [0.3, 0.4) is 0 Å². The van der Waals surface area contributed by atoms with Gasteiger partial charge in [-0.25, -0.2) is 4.98 Å². The normalized spacial score (nSPS) is 10.5. The standard InChI is InChI=1S/C15H16N2O4S/c1-19-11-9-13(21-3)12(20-2)8-10(11)4-5-14(18)17-15-16-6-7-22-15/h4-9H,1-3H3,(H,16,17,18). The number of thiazole rings is 1. The molecule has 0 saturated heterocycles. The first-order valence-corrected chi connectivity index (χ1v) is 7.24. The summed E-state index contributed by atoms with van der Waals surface area (Å²) in [5, 5.41) is 5.00. The van der Waals surface area contributed by atoms with E-state index in [2.05, 4.69) is 10.3 Å². The molecule has 0 unspecified atom stereocenters. The maximum Gasteiger partial charge on any atom is 0.250 e. The number of methoxy groups -OCH3 is 3. The Hall–Kier alpha value is -2.54. The molecule has 1 amide bonds. The highest BCUT2D eigenvalue weighted by molar-refractivity contribution is 7.13. The van der Waals surface area contributed by atoms with Crippen molar-refractivity contribution in [1.29, 1.82) is 0 Å². The van der Waals surface area contributed by atoms with E-state index in [1.807, 2.05) is 0 Å². The van der Waals surface area contributed by atoms with Crippen molar-refractivity contribution in [2.24, 2.45) is 0 Å². The third-order valence-corrected chi connectivity index (χ3v) is 3.50. The largest absolute Gasteiger partial charge is 0.496 e. The summed E-state index contributed by atoms with van der Waals surface area (Å²) in [6.07, 6.45) is 4.68. The van der Waals surface area contributed by atoms with Crippen molar-refractivity contribution in [3.63, 3.8) is 0 Å². The van der Waals surface area contributed by atoms with Crippen LogP contribution < -0.4 is 19.5 Å². The molecule has 0 fully saturated rings. The number of amides is 1. The molecule has 22 heavy (non-hydrogen) atoms. The molecule has 0 spiro atoms. The van der Waals surface area contributed by atoms with Gasteiger partial charge in [-0.3, -0.25) is 10.1 Å². The Labute approximate surface area is 132 Å². The first-order valence-electron chi connectivity index (χ1n) is 6.36. The van der Waals surface area contributed by atoms with Crippen LogP contribution in [-0.4, -0.2) is 32.2 Å². The second-order valence-electron chi connectivity index (χ2n) is 4.11. The van der Waals surface area contributed by atoms with E-state index in [-0.39, 0.29) is 5.91 Å². The van der Waals surface area contributed by atoms with E-state index < -0.39 is 0 Å². The van der Waals surface area contributed by atoms with Crippen LogP contribution >= 0.6 is 11.3 Å². The van der Waals surface area contributed by atoms with E-state index in [9.17, 15) is 4.79 Å². The molecule has 0 bridgehead atoms. The van der Waals surface area contributed by atoms with Crippen LogP contribution in [0.15, 0.2) is 29.8 Å². The van der Waals surface area contributed by atoms with E-state index >= 15 is 0 Å². The lowest BCUT2D eigenvalue weighted by molar-refractivity contribution is -0.111. The van der Waals surface area contributed by atoms with Crippen molar-refractivity contribution in [2.75, 3.05) is 26.6 Å². The van der Waals surface area contributed by atoms with Gasteiger partial charge in [0.05, 0.1) is 21.3 Å². The Bertz CT molecular complexity index is 668. The van der Waals surface area contributed by atoms with E-state index in [4.69, 9.17) is 14.2 Å². The summed E-state index contributed by atoms with van der Waals surface area (Å²) in [6, 6.07) is 3.45. The molecule has 0 radical (unpaired) electrons. The zero-order chi connectivity index (χ0) is 15.9. The van der Waals surface area contributed by atoms with Crippen LogP contribution in [0.1, 0.15) is 5.56 Å². The smallest absolute Gasteiger partial charge is 0.250 e. The number of carbonyl (C=O) groups is 1. The van der Waals surface area contributed by atoms with Crippen molar-refractivity contribution < 1.29 is 19.0 Å². The third kappa shape index (κ3) is 3.76. The average Bonchev–Trinajstić information content (AvgIpc) is 3.04. The molecule has 0 atom stereocenters. The van der Waals surface area contributed by atoms with Crippen LogP contribution in [0, 0.1) is 0 Å². The molecule has 1 aromatic heterocycles. The number of nitrogens with one attached hydrogen (secondary N) is 1. The quantitative estimate of drug-likeness (QED) is 0.829. The molecule has 0 aliphatic heterocycles. The topological polar surface area (TPSA) is 69.7 Å². The van der Waals surface area contributed by atoms with Crippen LogP contribution in [0.2, 0.25) is 0 Å². The maximum absolute atomic E-state index is 11.8. The highest BCUT2D eigenvalue weighted by Crippen LogP contribution is 2.35. The van der Waals surface area contributed by atoms with Gasteiger partial charge in [0.1, 0.15) is 5.75 Å². The minimum atomic E-state index is -0.271.